The molecule has 3 rings (SSSR count). The minimum atomic E-state index is -0.0885. The molecule has 1 fully saturated rings. The van der Waals surface area contributed by atoms with Gasteiger partial charge in [0.25, 0.3) is 0 Å². The van der Waals surface area contributed by atoms with Crippen LogP contribution in [0.4, 0.5) is 0 Å². The summed E-state index contributed by atoms with van der Waals surface area (Å²) in [6.45, 7) is 7.39. The molecule has 0 bridgehead atoms. The van der Waals surface area contributed by atoms with Crippen molar-refractivity contribution in [1.29, 1.82) is 0 Å². The maximum absolute atomic E-state index is 5.74. The van der Waals surface area contributed by atoms with Crippen molar-refractivity contribution in [3.05, 3.63) is 29.8 Å². The van der Waals surface area contributed by atoms with Gasteiger partial charge in [0.1, 0.15) is 5.75 Å². The summed E-state index contributed by atoms with van der Waals surface area (Å²) in [7, 11) is 3.62. The summed E-state index contributed by atoms with van der Waals surface area (Å²) < 4.78 is 11.5. The normalized spacial score (nSPS) is 31.5. The lowest BCUT2D eigenvalue weighted by Gasteiger charge is -2.59. The molecule has 5 nitrogen and oxygen atoms in total. The summed E-state index contributed by atoms with van der Waals surface area (Å²) in [5, 5.41) is 7.14. The van der Waals surface area contributed by atoms with E-state index in [0.717, 1.165) is 31.2 Å². The smallest absolute Gasteiger partial charge is 0.191 e. The van der Waals surface area contributed by atoms with Crippen LogP contribution in [0.1, 0.15) is 45.2 Å². The van der Waals surface area contributed by atoms with E-state index in [2.05, 4.69) is 48.5 Å². The number of hydrogen-bond donors (Lipinski definition) is 2. The lowest BCUT2D eigenvalue weighted by molar-refractivity contribution is -0.176. The number of benzene rings is 1. The van der Waals surface area contributed by atoms with Gasteiger partial charge in [-0.3, -0.25) is 4.99 Å². The van der Waals surface area contributed by atoms with Crippen molar-refractivity contribution in [3.63, 3.8) is 0 Å². The SMILES string of the molecule is CN=C(NC1CCOc2ccccc21)NC1CC(C)(OC)C1(C)C. The van der Waals surface area contributed by atoms with Crippen molar-refractivity contribution >= 4 is 5.96 Å². The molecule has 1 aliphatic carbocycles. The minimum Gasteiger partial charge on any atom is -0.493 e. The topological polar surface area (TPSA) is 54.9 Å². The molecule has 132 valence electrons. The number of hydrogen-bond acceptors (Lipinski definition) is 3. The first-order valence-corrected chi connectivity index (χ1v) is 8.68. The highest BCUT2D eigenvalue weighted by Gasteiger charge is 2.58. The average Bonchev–Trinajstić information content (AvgIpc) is 2.60. The number of methoxy groups -OCH3 is 1. The fourth-order valence-electron chi connectivity index (χ4n) is 3.72. The van der Waals surface area contributed by atoms with E-state index in [4.69, 9.17) is 9.47 Å². The molecular weight excluding hydrogens is 302 g/mol. The Labute approximate surface area is 144 Å². The maximum atomic E-state index is 5.74. The molecule has 0 amide bonds. The molecule has 24 heavy (non-hydrogen) atoms. The largest absolute Gasteiger partial charge is 0.493 e. The molecule has 0 spiro atoms. The van der Waals surface area contributed by atoms with E-state index in [0.29, 0.717) is 6.04 Å². The van der Waals surface area contributed by atoms with E-state index in [9.17, 15) is 0 Å². The van der Waals surface area contributed by atoms with Crippen molar-refractivity contribution in [2.75, 3.05) is 20.8 Å². The highest BCUT2D eigenvalue weighted by Crippen LogP contribution is 2.51. The van der Waals surface area contributed by atoms with Gasteiger partial charge in [0.05, 0.1) is 18.2 Å². The summed E-state index contributed by atoms with van der Waals surface area (Å²) in [4.78, 5) is 4.43. The van der Waals surface area contributed by atoms with Gasteiger partial charge in [-0.05, 0) is 19.4 Å². The minimum absolute atomic E-state index is 0.0486. The Bertz CT molecular complexity index is 629. The molecule has 3 atom stereocenters. The number of fused-ring (bicyclic) bond motifs is 1. The first kappa shape index (κ1) is 17.1. The molecule has 5 heteroatoms. The number of nitrogens with one attached hydrogen (secondary N) is 2. The van der Waals surface area contributed by atoms with Gasteiger partial charge in [-0.15, -0.1) is 0 Å². The summed E-state index contributed by atoms with van der Waals surface area (Å²) in [6, 6.07) is 8.77. The first-order chi connectivity index (χ1) is 11.4. The van der Waals surface area contributed by atoms with Crippen LogP contribution >= 0.6 is 0 Å². The lowest BCUT2D eigenvalue weighted by atomic mass is 9.56. The van der Waals surface area contributed by atoms with Gasteiger partial charge in [-0.25, -0.2) is 0 Å². The molecule has 2 N–H and O–H groups in total. The van der Waals surface area contributed by atoms with Crippen LogP contribution in [-0.2, 0) is 4.74 Å². The predicted molar refractivity (Wildman–Crippen MR) is 96.5 cm³/mol. The van der Waals surface area contributed by atoms with E-state index in [-0.39, 0.29) is 17.1 Å². The third-order valence-electron chi connectivity index (χ3n) is 6.08. The number of rotatable bonds is 3. The molecule has 1 saturated carbocycles. The van der Waals surface area contributed by atoms with Crippen LogP contribution in [0.15, 0.2) is 29.3 Å². The summed E-state index contributed by atoms with van der Waals surface area (Å²) in [6.07, 6.45) is 1.91. The second-order valence-corrected chi connectivity index (χ2v) is 7.50. The Balaban J connectivity index is 1.68. The van der Waals surface area contributed by atoms with E-state index < -0.39 is 0 Å². The number of aliphatic imine (C=N–C) groups is 1. The van der Waals surface area contributed by atoms with Gasteiger partial charge in [0, 0.05) is 37.6 Å². The highest BCUT2D eigenvalue weighted by molar-refractivity contribution is 5.81. The zero-order chi connectivity index (χ0) is 17.4. The Morgan fingerprint density at radius 3 is 2.67 bits per heavy atom. The van der Waals surface area contributed by atoms with Crippen molar-refractivity contribution in [2.45, 2.75) is 51.3 Å². The second kappa shape index (κ2) is 6.28. The number of guanidine groups is 1. The fourth-order valence-corrected chi connectivity index (χ4v) is 3.72. The second-order valence-electron chi connectivity index (χ2n) is 7.50. The van der Waals surface area contributed by atoms with Gasteiger partial charge in [0.15, 0.2) is 5.96 Å². The van der Waals surface area contributed by atoms with Crippen LogP contribution in [0, 0.1) is 5.41 Å². The van der Waals surface area contributed by atoms with Crippen molar-refractivity contribution in [2.24, 2.45) is 10.4 Å². The lowest BCUT2D eigenvalue weighted by Crippen LogP contribution is -2.69. The van der Waals surface area contributed by atoms with Crippen molar-refractivity contribution in [3.8, 4) is 5.75 Å². The molecule has 1 aliphatic heterocycles. The summed E-state index contributed by atoms with van der Waals surface area (Å²) >= 11 is 0. The molecule has 1 aromatic carbocycles. The zero-order valence-electron chi connectivity index (χ0n) is 15.3. The van der Waals surface area contributed by atoms with Crippen LogP contribution < -0.4 is 15.4 Å². The Morgan fingerprint density at radius 2 is 2.00 bits per heavy atom. The van der Waals surface area contributed by atoms with E-state index in [1.807, 2.05) is 19.2 Å². The highest BCUT2D eigenvalue weighted by atomic mass is 16.5. The van der Waals surface area contributed by atoms with Crippen molar-refractivity contribution in [1.82, 2.24) is 10.6 Å². The molecule has 0 saturated heterocycles. The Hall–Kier alpha value is -1.75. The summed E-state index contributed by atoms with van der Waals surface area (Å²) in [5.74, 6) is 1.81. The first-order valence-electron chi connectivity index (χ1n) is 8.68. The third-order valence-corrected chi connectivity index (χ3v) is 6.08. The monoisotopic (exact) mass is 331 g/mol. The third kappa shape index (κ3) is 2.75. The molecule has 2 aliphatic rings. The van der Waals surface area contributed by atoms with Crippen LogP contribution in [0.2, 0.25) is 0 Å². The van der Waals surface area contributed by atoms with E-state index in [1.165, 1.54) is 5.56 Å². The van der Waals surface area contributed by atoms with Crippen LogP contribution in [-0.4, -0.2) is 38.4 Å². The number of para-hydroxylation sites is 1. The molecular formula is C19H29N3O2. The molecule has 3 unspecified atom stereocenters. The van der Waals surface area contributed by atoms with E-state index >= 15 is 0 Å². The fraction of sp³-hybridized carbons (Fsp3) is 0.632. The number of nitrogens with zero attached hydrogens (tertiary/aromatic N) is 1. The van der Waals surface area contributed by atoms with Gasteiger partial charge in [0.2, 0.25) is 0 Å². The average molecular weight is 331 g/mol. The Kier molecular flexibility index (Phi) is 4.47. The van der Waals surface area contributed by atoms with Crippen LogP contribution in [0.5, 0.6) is 5.75 Å². The van der Waals surface area contributed by atoms with Gasteiger partial charge >= 0.3 is 0 Å². The standard InChI is InChI=1S/C19H29N3O2/c1-18(2)16(12-19(18,3)23-5)22-17(20-4)21-14-10-11-24-15-9-7-6-8-13(14)15/h6-9,14,16H,10-12H2,1-5H3,(H2,20,21,22). The van der Waals surface area contributed by atoms with E-state index in [1.54, 1.807) is 7.11 Å². The van der Waals surface area contributed by atoms with Crippen LogP contribution in [0.25, 0.3) is 0 Å². The van der Waals surface area contributed by atoms with Gasteiger partial charge in [-0.1, -0.05) is 32.0 Å². The zero-order valence-corrected chi connectivity index (χ0v) is 15.3. The quantitative estimate of drug-likeness (QED) is 0.660. The van der Waals surface area contributed by atoms with Crippen molar-refractivity contribution < 1.29 is 9.47 Å². The maximum Gasteiger partial charge on any atom is 0.191 e. The molecule has 1 heterocycles. The number of ether oxygens (including phenoxy) is 2. The summed E-state index contributed by atoms with van der Waals surface area (Å²) in [5.41, 5.74) is 1.16. The molecule has 1 aromatic rings. The molecule has 0 radical (unpaired) electrons. The van der Waals surface area contributed by atoms with Gasteiger partial charge in [-0.2, -0.15) is 0 Å². The van der Waals surface area contributed by atoms with Gasteiger partial charge < -0.3 is 20.1 Å². The molecule has 0 aromatic heterocycles. The predicted octanol–water partition coefficient (Wildman–Crippen LogP) is 2.88. The van der Waals surface area contributed by atoms with Crippen LogP contribution in [0.3, 0.4) is 0 Å². The Morgan fingerprint density at radius 1 is 1.25 bits per heavy atom.